The van der Waals surface area contributed by atoms with Crippen LogP contribution in [0.4, 0.5) is 0 Å². The van der Waals surface area contributed by atoms with Gasteiger partial charge in [0.05, 0.1) is 0 Å². The highest BCUT2D eigenvalue weighted by Crippen LogP contribution is 2.18. The highest BCUT2D eigenvalue weighted by atomic mass is 79.9. The van der Waals surface area contributed by atoms with Crippen LogP contribution in [0.15, 0.2) is 28.7 Å². The normalized spacial score (nSPS) is 13.8. The molecule has 1 N–H and O–H groups in total. The third-order valence-electron chi connectivity index (χ3n) is 2.59. The van der Waals surface area contributed by atoms with Crippen molar-refractivity contribution in [1.29, 1.82) is 0 Å². The predicted molar refractivity (Wildman–Crippen MR) is 76.7 cm³/mol. The summed E-state index contributed by atoms with van der Waals surface area (Å²) in [5.74, 6) is 0.617. The molecule has 0 aliphatic heterocycles. The van der Waals surface area contributed by atoms with Crippen molar-refractivity contribution < 1.29 is 9.53 Å². The van der Waals surface area contributed by atoms with Gasteiger partial charge in [0, 0.05) is 10.5 Å². The minimum absolute atomic E-state index is 0.0732. The maximum Gasteiger partial charge on any atom is 0.260 e. The summed E-state index contributed by atoms with van der Waals surface area (Å²) < 4.78 is 6.53. The Hall–Kier alpha value is -1.03. The van der Waals surface area contributed by atoms with Crippen LogP contribution >= 0.6 is 15.9 Å². The van der Waals surface area contributed by atoms with Crippen molar-refractivity contribution in [3.05, 3.63) is 28.7 Å². The number of nitrogens with one attached hydrogen (secondary N) is 1. The van der Waals surface area contributed by atoms with E-state index in [2.05, 4.69) is 28.2 Å². The van der Waals surface area contributed by atoms with Crippen molar-refractivity contribution in [3.8, 4) is 5.75 Å². The molecule has 1 aromatic carbocycles. The third-order valence-corrected chi connectivity index (χ3v) is 3.08. The van der Waals surface area contributed by atoms with Crippen molar-refractivity contribution in [1.82, 2.24) is 5.32 Å². The minimum atomic E-state index is -0.487. The molecule has 18 heavy (non-hydrogen) atoms. The SMILES string of the molecule is CCCC(C)NC(=O)C(C)Oc1cccc(Br)c1. The second kappa shape index (κ2) is 7.41. The summed E-state index contributed by atoms with van der Waals surface area (Å²) in [7, 11) is 0. The molecule has 1 rings (SSSR count). The van der Waals surface area contributed by atoms with Gasteiger partial charge in [0.2, 0.25) is 0 Å². The fourth-order valence-corrected chi connectivity index (χ4v) is 2.04. The molecule has 1 aromatic rings. The fourth-order valence-electron chi connectivity index (χ4n) is 1.66. The first kappa shape index (κ1) is 15.0. The minimum Gasteiger partial charge on any atom is -0.481 e. The number of hydrogen-bond donors (Lipinski definition) is 1. The fraction of sp³-hybridized carbons (Fsp3) is 0.500. The van der Waals surface area contributed by atoms with E-state index in [4.69, 9.17) is 4.74 Å². The van der Waals surface area contributed by atoms with Crippen molar-refractivity contribution >= 4 is 21.8 Å². The summed E-state index contributed by atoms with van der Waals surface area (Å²) in [6.45, 7) is 5.87. The number of carbonyl (C=O) groups is 1. The van der Waals surface area contributed by atoms with Gasteiger partial charge in [0.15, 0.2) is 6.10 Å². The zero-order chi connectivity index (χ0) is 13.5. The molecule has 0 heterocycles. The Morgan fingerprint density at radius 2 is 2.17 bits per heavy atom. The van der Waals surface area contributed by atoms with Crippen LogP contribution in [0, 0.1) is 0 Å². The molecule has 4 heteroatoms. The summed E-state index contributed by atoms with van der Waals surface area (Å²) in [6, 6.07) is 7.67. The van der Waals surface area contributed by atoms with Gasteiger partial charge in [-0.05, 0) is 38.5 Å². The first-order chi connectivity index (χ1) is 8.52. The lowest BCUT2D eigenvalue weighted by Gasteiger charge is -2.18. The van der Waals surface area contributed by atoms with E-state index < -0.39 is 6.10 Å². The molecule has 0 radical (unpaired) electrons. The second-order valence-corrected chi connectivity index (χ2v) is 5.33. The molecule has 1 amide bonds. The van der Waals surface area contributed by atoms with E-state index in [1.807, 2.05) is 31.2 Å². The molecule has 0 spiro atoms. The van der Waals surface area contributed by atoms with Crippen LogP contribution in [0.25, 0.3) is 0 Å². The Morgan fingerprint density at radius 3 is 2.78 bits per heavy atom. The summed E-state index contributed by atoms with van der Waals surface area (Å²) in [5, 5.41) is 2.94. The Kier molecular flexibility index (Phi) is 6.19. The van der Waals surface area contributed by atoms with Crippen molar-refractivity contribution in [2.75, 3.05) is 0 Å². The molecular formula is C14H20BrNO2. The number of benzene rings is 1. The van der Waals surface area contributed by atoms with Gasteiger partial charge < -0.3 is 10.1 Å². The second-order valence-electron chi connectivity index (χ2n) is 4.42. The predicted octanol–water partition coefficient (Wildman–Crippen LogP) is 3.52. The molecule has 0 saturated heterocycles. The van der Waals surface area contributed by atoms with Gasteiger partial charge >= 0.3 is 0 Å². The summed E-state index contributed by atoms with van der Waals surface area (Å²) >= 11 is 3.37. The molecule has 0 aliphatic carbocycles. The summed E-state index contributed by atoms with van der Waals surface area (Å²) in [4.78, 5) is 11.9. The van der Waals surface area contributed by atoms with Crippen molar-refractivity contribution in [2.24, 2.45) is 0 Å². The van der Waals surface area contributed by atoms with Gasteiger partial charge in [-0.1, -0.05) is 35.3 Å². The largest absolute Gasteiger partial charge is 0.481 e. The molecule has 0 saturated carbocycles. The lowest BCUT2D eigenvalue weighted by atomic mass is 10.2. The van der Waals surface area contributed by atoms with Gasteiger partial charge in [-0.25, -0.2) is 0 Å². The Bertz CT molecular complexity index is 395. The van der Waals surface area contributed by atoms with Gasteiger partial charge in [0.25, 0.3) is 5.91 Å². The topological polar surface area (TPSA) is 38.3 Å². The van der Waals surface area contributed by atoms with Crippen LogP contribution in [-0.4, -0.2) is 18.1 Å². The van der Waals surface area contributed by atoms with Crippen LogP contribution in [-0.2, 0) is 4.79 Å². The number of ether oxygens (including phenoxy) is 1. The average molecular weight is 314 g/mol. The van der Waals surface area contributed by atoms with E-state index in [0.29, 0.717) is 5.75 Å². The van der Waals surface area contributed by atoms with E-state index >= 15 is 0 Å². The number of carbonyl (C=O) groups excluding carboxylic acids is 1. The first-order valence-corrected chi connectivity index (χ1v) is 7.04. The first-order valence-electron chi connectivity index (χ1n) is 6.25. The lowest BCUT2D eigenvalue weighted by Crippen LogP contribution is -2.41. The van der Waals surface area contributed by atoms with Crippen LogP contribution in [0.3, 0.4) is 0 Å². The quantitative estimate of drug-likeness (QED) is 0.872. The number of amides is 1. The molecule has 0 aromatic heterocycles. The molecule has 3 nitrogen and oxygen atoms in total. The number of rotatable bonds is 6. The lowest BCUT2D eigenvalue weighted by molar-refractivity contribution is -0.127. The van der Waals surface area contributed by atoms with E-state index in [-0.39, 0.29) is 11.9 Å². The molecule has 0 bridgehead atoms. The van der Waals surface area contributed by atoms with Crippen LogP contribution < -0.4 is 10.1 Å². The smallest absolute Gasteiger partial charge is 0.260 e. The molecule has 0 aliphatic rings. The van der Waals surface area contributed by atoms with Gasteiger partial charge in [0.1, 0.15) is 5.75 Å². The van der Waals surface area contributed by atoms with Crippen LogP contribution in [0.2, 0.25) is 0 Å². The van der Waals surface area contributed by atoms with Crippen molar-refractivity contribution in [3.63, 3.8) is 0 Å². The highest BCUT2D eigenvalue weighted by molar-refractivity contribution is 9.10. The molecule has 0 fully saturated rings. The summed E-state index contributed by atoms with van der Waals surface area (Å²) in [5.41, 5.74) is 0. The molecule has 2 atom stereocenters. The van der Waals surface area contributed by atoms with E-state index in [1.165, 1.54) is 0 Å². The molecule has 100 valence electrons. The standard InChI is InChI=1S/C14H20BrNO2/c1-4-6-10(2)16-14(17)11(3)18-13-8-5-7-12(15)9-13/h5,7-11H,4,6H2,1-3H3,(H,16,17). The monoisotopic (exact) mass is 313 g/mol. The van der Waals surface area contributed by atoms with Gasteiger partial charge in [-0.3, -0.25) is 4.79 Å². The Balaban J connectivity index is 2.49. The summed E-state index contributed by atoms with van der Waals surface area (Å²) in [6.07, 6.45) is 1.55. The van der Waals surface area contributed by atoms with E-state index in [1.54, 1.807) is 6.92 Å². The maximum absolute atomic E-state index is 11.9. The third kappa shape index (κ3) is 5.08. The van der Waals surface area contributed by atoms with E-state index in [9.17, 15) is 4.79 Å². The van der Waals surface area contributed by atoms with Gasteiger partial charge in [-0.2, -0.15) is 0 Å². The van der Waals surface area contributed by atoms with Crippen molar-refractivity contribution in [2.45, 2.75) is 45.8 Å². The van der Waals surface area contributed by atoms with Crippen LogP contribution in [0.5, 0.6) is 5.75 Å². The Morgan fingerprint density at radius 1 is 1.44 bits per heavy atom. The number of hydrogen-bond acceptors (Lipinski definition) is 2. The molecular weight excluding hydrogens is 294 g/mol. The number of halogens is 1. The zero-order valence-electron chi connectivity index (χ0n) is 11.1. The van der Waals surface area contributed by atoms with Gasteiger partial charge in [-0.15, -0.1) is 0 Å². The zero-order valence-corrected chi connectivity index (χ0v) is 12.7. The highest BCUT2D eigenvalue weighted by Gasteiger charge is 2.16. The average Bonchev–Trinajstić information content (AvgIpc) is 2.29. The maximum atomic E-state index is 11.9. The Labute approximate surface area is 117 Å². The van der Waals surface area contributed by atoms with Crippen LogP contribution in [0.1, 0.15) is 33.6 Å². The van der Waals surface area contributed by atoms with E-state index in [0.717, 1.165) is 17.3 Å². The molecule has 2 unspecified atom stereocenters.